The molecule has 1 saturated heterocycles. The summed E-state index contributed by atoms with van der Waals surface area (Å²) in [5.74, 6) is 1.37. The maximum atomic E-state index is 12.1. The molecular weight excluding hydrogens is 316 g/mol. The van der Waals surface area contributed by atoms with Crippen LogP contribution in [0.5, 0.6) is 0 Å². The van der Waals surface area contributed by atoms with Crippen molar-refractivity contribution in [1.82, 2.24) is 9.88 Å². The van der Waals surface area contributed by atoms with E-state index in [1.165, 1.54) is 7.11 Å². The second kappa shape index (κ2) is 7.15. The summed E-state index contributed by atoms with van der Waals surface area (Å²) in [4.78, 5) is 18.2. The fourth-order valence-electron chi connectivity index (χ4n) is 2.89. The molecule has 23 heavy (non-hydrogen) atoms. The molecule has 122 valence electrons. The standard InChI is InChI=1S/C17H19ClN2O3/c1-22-11-16(21)20-8-2-3-15(20)17-19-10-14(23-17)9-12-4-6-13(18)7-5-12/h4-7,10,15H,2-3,8-9,11H2,1H3. The fourth-order valence-corrected chi connectivity index (χ4v) is 3.02. The smallest absolute Gasteiger partial charge is 0.249 e. The number of nitrogens with zero attached hydrogens (tertiary/aromatic N) is 2. The molecule has 5 nitrogen and oxygen atoms in total. The SMILES string of the molecule is COCC(=O)N1CCCC1c1ncc(Cc2ccc(Cl)cc2)o1. The first kappa shape index (κ1) is 16.0. The van der Waals surface area contributed by atoms with Crippen molar-refractivity contribution in [2.24, 2.45) is 0 Å². The third kappa shape index (κ3) is 3.74. The first-order valence-electron chi connectivity index (χ1n) is 7.65. The van der Waals surface area contributed by atoms with E-state index in [4.69, 9.17) is 20.8 Å². The van der Waals surface area contributed by atoms with E-state index in [0.29, 0.717) is 17.3 Å². The number of oxazole rings is 1. The largest absolute Gasteiger partial charge is 0.443 e. The van der Waals surface area contributed by atoms with Crippen LogP contribution in [0.3, 0.4) is 0 Å². The summed E-state index contributed by atoms with van der Waals surface area (Å²) in [6, 6.07) is 7.56. The van der Waals surface area contributed by atoms with Gasteiger partial charge in [-0.25, -0.2) is 4.98 Å². The molecule has 1 aliphatic heterocycles. The molecule has 1 aromatic heterocycles. The molecule has 6 heteroatoms. The number of hydrogen-bond donors (Lipinski definition) is 0. The first-order valence-corrected chi connectivity index (χ1v) is 8.02. The molecule has 0 N–H and O–H groups in total. The highest BCUT2D eigenvalue weighted by atomic mass is 35.5. The summed E-state index contributed by atoms with van der Waals surface area (Å²) in [6.45, 7) is 0.816. The van der Waals surface area contributed by atoms with Gasteiger partial charge in [-0.3, -0.25) is 4.79 Å². The zero-order valence-electron chi connectivity index (χ0n) is 13.0. The van der Waals surface area contributed by atoms with Crippen molar-refractivity contribution in [2.45, 2.75) is 25.3 Å². The molecule has 1 fully saturated rings. The summed E-state index contributed by atoms with van der Waals surface area (Å²) in [5.41, 5.74) is 1.11. The van der Waals surface area contributed by atoms with Gasteiger partial charge in [0.05, 0.1) is 6.20 Å². The quantitative estimate of drug-likeness (QED) is 0.842. The number of methoxy groups -OCH3 is 1. The Bertz CT molecular complexity index is 669. The van der Waals surface area contributed by atoms with E-state index in [-0.39, 0.29) is 18.6 Å². The average molecular weight is 335 g/mol. The van der Waals surface area contributed by atoms with Crippen LogP contribution in [-0.4, -0.2) is 36.1 Å². The molecule has 1 amide bonds. The van der Waals surface area contributed by atoms with Gasteiger partial charge in [-0.1, -0.05) is 23.7 Å². The van der Waals surface area contributed by atoms with E-state index in [0.717, 1.165) is 30.7 Å². The number of rotatable bonds is 5. The molecule has 3 rings (SSSR count). The van der Waals surface area contributed by atoms with E-state index >= 15 is 0 Å². The van der Waals surface area contributed by atoms with Crippen LogP contribution in [0.4, 0.5) is 0 Å². The highest BCUT2D eigenvalue weighted by Crippen LogP contribution is 2.32. The van der Waals surface area contributed by atoms with E-state index in [2.05, 4.69) is 4.98 Å². The minimum Gasteiger partial charge on any atom is -0.443 e. The Kier molecular flexibility index (Phi) is 4.98. The summed E-state index contributed by atoms with van der Waals surface area (Å²) in [5, 5.41) is 0.713. The molecule has 2 aromatic rings. The van der Waals surface area contributed by atoms with Crippen molar-refractivity contribution in [3.05, 3.63) is 52.7 Å². The van der Waals surface area contributed by atoms with Crippen LogP contribution in [0.1, 0.15) is 36.1 Å². The van der Waals surface area contributed by atoms with Gasteiger partial charge in [0.25, 0.3) is 0 Å². The van der Waals surface area contributed by atoms with Crippen LogP contribution >= 0.6 is 11.6 Å². The van der Waals surface area contributed by atoms with Crippen LogP contribution in [-0.2, 0) is 16.0 Å². The van der Waals surface area contributed by atoms with Gasteiger partial charge in [-0.2, -0.15) is 0 Å². The zero-order valence-corrected chi connectivity index (χ0v) is 13.8. The number of carbonyl (C=O) groups excluding carboxylic acids is 1. The molecule has 0 radical (unpaired) electrons. The van der Waals surface area contributed by atoms with Crippen molar-refractivity contribution in [3.63, 3.8) is 0 Å². The molecule has 1 atom stereocenters. The van der Waals surface area contributed by atoms with Gasteiger partial charge in [0.2, 0.25) is 11.8 Å². The predicted octanol–water partition coefficient (Wildman–Crippen LogP) is 3.23. The monoisotopic (exact) mass is 334 g/mol. The van der Waals surface area contributed by atoms with Crippen LogP contribution in [0.15, 0.2) is 34.9 Å². The molecule has 0 aliphatic carbocycles. The van der Waals surface area contributed by atoms with E-state index in [1.807, 2.05) is 24.3 Å². The van der Waals surface area contributed by atoms with Gasteiger partial charge in [-0.05, 0) is 30.5 Å². The molecule has 0 bridgehead atoms. The highest BCUT2D eigenvalue weighted by molar-refractivity contribution is 6.30. The summed E-state index contributed by atoms with van der Waals surface area (Å²) in [7, 11) is 1.53. The second-order valence-electron chi connectivity index (χ2n) is 5.65. The predicted molar refractivity (Wildman–Crippen MR) is 86.3 cm³/mol. The van der Waals surface area contributed by atoms with E-state index in [9.17, 15) is 4.79 Å². The van der Waals surface area contributed by atoms with E-state index < -0.39 is 0 Å². The van der Waals surface area contributed by atoms with Gasteiger partial charge < -0.3 is 14.1 Å². The normalized spacial score (nSPS) is 17.7. The molecule has 1 aliphatic rings. The Balaban J connectivity index is 1.70. The number of hydrogen-bond acceptors (Lipinski definition) is 4. The zero-order chi connectivity index (χ0) is 16.2. The van der Waals surface area contributed by atoms with Crippen LogP contribution < -0.4 is 0 Å². The molecule has 1 unspecified atom stereocenters. The Labute approximate surface area is 140 Å². The molecule has 0 saturated carbocycles. The number of aromatic nitrogens is 1. The number of ether oxygens (including phenoxy) is 1. The average Bonchev–Trinajstić information content (AvgIpc) is 3.18. The number of halogens is 1. The van der Waals surface area contributed by atoms with Crippen molar-refractivity contribution in [3.8, 4) is 0 Å². The number of benzene rings is 1. The molecular formula is C17H19ClN2O3. The van der Waals surface area contributed by atoms with Gasteiger partial charge in [0.1, 0.15) is 18.4 Å². The van der Waals surface area contributed by atoms with Crippen molar-refractivity contribution in [1.29, 1.82) is 0 Å². The first-order chi connectivity index (χ1) is 11.2. The minimum absolute atomic E-state index is 0.0209. The topological polar surface area (TPSA) is 55.6 Å². The van der Waals surface area contributed by atoms with Gasteiger partial charge in [0.15, 0.2) is 0 Å². The van der Waals surface area contributed by atoms with Crippen molar-refractivity contribution < 1.29 is 13.9 Å². The van der Waals surface area contributed by atoms with Gasteiger partial charge in [-0.15, -0.1) is 0 Å². The molecule has 2 heterocycles. The Hall–Kier alpha value is -1.85. The summed E-state index contributed by atoms with van der Waals surface area (Å²) >= 11 is 5.89. The van der Waals surface area contributed by atoms with E-state index in [1.54, 1.807) is 11.1 Å². The fraction of sp³-hybridized carbons (Fsp3) is 0.412. The van der Waals surface area contributed by atoms with Crippen LogP contribution in [0, 0.1) is 0 Å². The van der Waals surface area contributed by atoms with Crippen molar-refractivity contribution >= 4 is 17.5 Å². The van der Waals surface area contributed by atoms with Crippen LogP contribution in [0.25, 0.3) is 0 Å². The highest BCUT2D eigenvalue weighted by Gasteiger charge is 2.33. The van der Waals surface area contributed by atoms with Gasteiger partial charge in [0, 0.05) is 25.1 Å². The Morgan fingerprint density at radius 3 is 2.96 bits per heavy atom. The Morgan fingerprint density at radius 2 is 2.22 bits per heavy atom. The van der Waals surface area contributed by atoms with Gasteiger partial charge >= 0.3 is 0 Å². The third-order valence-electron chi connectivity index (χ3n) is 3.99. The minimum atomic E-state index is -0.0865. The maximum absolute atomic E-state index is 12.1. The lowest BCUT2D eigenvalue weighted by molar-refractivity contribution is -0.136. The molecule has 0 spiro atoms. The van der Waals surface area contributed by atoms with Crippen LogP contribution in [0.2, 0.25) is 5.02 Å². The summed E-state index contributed by atoms with van der Waals surface area (Å²) in [6.07, 6.45) is 4.22. The van der Waals surface area contributed by atoms with Crippen molar-refractivity contribution in [2.75, 3.05) is 20.3 Å². The lowest BCUT2D eigenvalue weighted by atomic mass is 10.1. The summed E-state index contributed by atoms with van der Waals surface area (Å²) < 4.78 is 10.8. The number of carbonyl (C=O) groups is 1. The second-order valence-corrected chi connectivity index (χ2v) is 6.08. The lowest BCUT2D eigenvalue weighted by Crippen LogP contribution is -2.33. The number of likely N-dealkylation sites (tertiary alicyclic amines) is 1. The number of amides is 1. The lowest BCUT2D eigenvalue weighted by Gasteiger charge is -2.21. The molecule has 1 aromatic carbocycles. The Morgan fingerprint density at radius 1 is 1.43 bits per heavy atom. The third-order valence-corrected chi connectivity index (χ3v) is 4.24. The maximum Gasteiger partial charge on any atom is 0.249 e.